The zero-order valence-corrected chi connectivity index (χ0v) is 14.0. The number of benzene rings is 1. The fourth-order valence-corrected chi connectivity index (χ4v) is 3.59. The summed E-state index contributed by atoms with van der Waals surface area (Å²) in [4.78, 5) is 7.34. The van der Waals surface area contributed by atoms with Crippen molar-refractivity contribution in [3.63, 3.8) is 0 Å². The van der Waals surface area contributed by atoms with Crippen molar-refractivity contribution in [3.05, 3.63) is 36.2 Å². The number of aromatic nitrogens is 1. The number of piperidine rings is 1. The van der Waals surface area contributed by atoms with Gasteiger partial charge in [0.05, 0.1) is 5.69 Å². The van der Waals surface area contributed by atoms with Gasteiger partial charge in [-0.05, 0) is 55.4 Å². The van der Waals surface area contributed by atoms with E-state index < -0.39 is 0 Å². The second-order valence-corrected chi connectivity index (χ2v) is 6.85. The Bertz CT molecular complexity index is 628. The van der Waals surface area contributed by atoms with Crippen molar-refractivity contribution in [2.75, 3.05) is 32.0 Å². The molecule has 1 aliphatic heterocycles. The minimum atomic E-state index is 0.604. The highest BCUT2D eigenvalue weighted by Crippen LogP contribution is 2.32. The van der Waals surface area contributed by atoms with E-state index in [-0.39, 0.29) is 0 Å². The van der Waals surface area contributed by atoms with Gasteiger partial charge in [-0.25, -0.2) is 0 Å². The van der Waals surface area contributed by atoms with Crippen LogP contribution in [0.25, 0.3) is 10.8 Å². The van der Waals surface area contributed by atoms with Crippen LogP contribution in [-0.2, 0) is 0 Å². The first-order chi connectivity index (χ1) is 10.7. The van der Waals surface area contributed by atoms with Gasteiger partial charge < -0.3 is 10.2 Å². The third kappa shape index (κ3) is 3.25. The lowest BCUT2D eigenvalue weighted by Gasteiger charge is -2.33. The van der Waals surface area contributed by atoms with Crippen LogP contribution in [0.4, 0.5) is 5.69 Å². The van der Waals surface area contributed by atoms with Crippen LogP contribution in [-0.4, -0.2) is 36.6 Å². The van der Waals surface area contributed by atoms with Gasteiger partial charge in [0.2, 0.25) is 0 Å². The first kappa shape index (κ1) is 15.3. The summed E-state index contributed by atoms with van der Waals surface area (Å²) in [7, 11) is 1.97. The third-order valence-corrected chi connectivity index (χ3v) is 4.68. The van der Waals surface area contributed by atoms with E-state index in [1.807, 2.05) is 13.2 Å². The molecule has 0 saturated carbocycles. The molecular weight excluding hydrogens is 270 g/mol. The van der Waals surface area contributed by atoms with E-state index in [9.17, 15) is 0 Å². The number of pyridine rings is 1. The first-order valence-corrected chi connectivity index (χ1v) is 8.46. The van der Waals surface area contributed by atoms with Crippen LogP contribution >= 0.6 is 0 Å². The molecule has 2 heterocycles. The lowest BCUT2D eigenvalue weighted by atomic mass is 9.90. The Labute approximate surface area is 133 Å². The molecule has 0 atom stereocenters. The number of fused-ring (bicyclic) bond motifs is 1. The van der Waals surface area contributed by atoms with Crippen molar-refractivity contribution < 1.29 is 0 Å². The zero-order chi connectivity index (χ0) is 15.5. The van der Waals surface area contributed by atoms with E-state index >= 15 is 0 Å². The number of rotatable bonds is 4. The molecule has 3 nitrogen and oxygen atoms in total. The molecule has 0 amide bonds. The maximum absolute atomic E-state index is 4.73. The molecule has 118 valence electrons. The number of anilines is 1. The fraction of sp³-hybridized carbons (Fsp3) is 0.526. The van der Waals surface area contributed by atoms with Crippen molar-refractivity contribution in [1.82, 2.24) is 9.88 Å². The monoisotopic (exact) mass is 297 g/mol. The molecule has 0 spiro atoms. The van der Waals surface area contributed by atoms with Gasteiger partial charge in [0.25, 0.3) is 0 Å². The summed E-state index contributed by atoms with van der Waals surface area (Å²) >= 11 is 0. The summed E-state index contributed by atoms with van der Waals surface area (Å²) in [5.74, 6) is 1.36. The molecule has 0 aliphatic carbocycles. The van der Waals surface area contributed by atoms with Gasteiger partial charge in [-0.3, -0.25) is 4.98 Å². The number of nitrogens with one attached hydrogen (secondary N) is 1. The first-order valence-electron chi connectivity index (χ1n) is 8.46. The predicted molar refractivity (Wildman–Crippen MR) is 94.5 cm³/mol. The molecule has 1 fully saturated rings. The molecule has 0 radical (unpaired) electrons. The van der Waals surface area contributed by atoms with E-state index in [0.29, 0.717) is 5.92 Å². The maximum Gasteiger partial charge on any atom is 0.0513 e. The van der Waals surface area contributed by atoms with Gasteiger partial charge in [-0.1, -0.05) is 19.9 Å². The Morgan fingerprint density at radius 1 is 1.23 bits per heavy atom. The molecular formula is C19H27N3. The summed E-state index contributed by atoms with van der Waals surface area (Å²) < 4.78 is 0. The Hall–Kier alpha value is -1.61. The van der Waals surface area contributed by atoms with E-state index in [1.165, 1.54) is 48.9 Å². The van der Waals surface area contributed by atoms with Crippen LogP contribution in [0.5, 0.6) is 0 Å². The number of hydrogen-bond donors (Lipinski definition) is 1. The molecule has 3 rings (SSSR count). The second kappa shape index (κ2) is 6.66. The number of likely N-dealkylation sites (tertiary alicyclic amines) is 1. The molecule has 2 aromatic rings. The smallest absolute Gasteiger partial charge is 0.0513 e. The highest BCUT2D eigenvalue weighted by molar-refractivity contribution is 5.87. The highest BCUT2D eigenvalue weighted by Gasteiger charge is 2.23. The summed E-state index contributed by atoms with van der Waals surface area (Å²) in [6.07, 6.45) is 4.43. The van der Waals surface area contributed by atoms with Gasteiger partial charge in [0, 0.05) is 36.8 Å². The lowest BCUT2D eigenvalue weighted by molar-refractivity contribution is 0.191. The predicted octanol–water partition coefficient (Wildman–Crippen LogP) is 4.11. The van der Waals surface area contributed by atoms with E-state index in [2.05, 4.69) is 48.3 Å². The molecule has 1 aliphatic rings. The summed E-state index contributed by atoms with van der Waals surface area (Å²) in [6, 6.07) is 8.72. The summed E-state index contributed by atoms with van der Waals surface area (Å²) in [6.45, 7) is 8.24. The normalized spacial score (nSPS) is 17.3. The topological polar surface area (TPSA) is 28.2 Å². The van der Waals surface area contributed by atoms with Gasteiger partial charge in [-0.15, -0.1) is 0 Å². The average molecular weight is 297 g/mol. The number of nitrogens with zero attached hydrogens (tertiary/aromatic N) is 2. The standard InChI is InChI=1S/C19H27N3/c1-14(2)13-22-10-7-15(8-11-22)19-18-5-4-17(20-3)12-16(18)6-9-21-19/h4-6,9,12,14-15,20H,7-8,10-11,13H2,1-3H3. The SMILES string of the molecule is CNc1ccc2c(C3CCN(CC(C)C)CC3)nccc2c1. The number of hydrogen-bond acceptors (Lipinski definition) is 3. The Morgan fingerprint density at radius 3 is 2.68 bits per heavy atom. The van der Waals surface area contributed by atoms with Crippen molar-refractivity contribution in [2.45, 2.75) is 32.6 Å². The van der Waals surface area contributed by atoms with Crippen LogP contribution in [0.3, 0.4) is 0 Å². The van der Waals surface area contributed by atoms with Crippen LogP contribution in [0.1, 0.15) is 38.3 Å². The molecule has 22 heavy (non-hydrogen) atoms. The van der Waals surface area contributed by atoms with Crippen LogP contribution in [0.2, 0.25) is 0 Å². The van der Waals surface area contributed by atoms with Crippen LogP contribution < -0.4 is 5.32 Å². The Balaban J connectivity index is 1.79. The molecule has 0 unspecified atom stereocenters. The lowest BCUT2D eigenvalue weighted by Crippen LogP contribution is -2.35. The Morgan fingerprint density at radius 2 is 2.00 bits per heavy atom. The molecule has 1 N–H and O–H groups in total. The fourth-order valence-electron chi connectivity index (χ4n) is 3.59. The van der Waals surface area contributed by atoms with Crippen molar-refractivity contribution >= 4 is 16.5 Å². The van der Waals surface area contributed by atoms with Gasteiger partial charge >= 0.3 is 0 Å². The quantitative estimate of drug-likeness (QED) is 0.920. The van der Waals surface area contributed by atoms with Gasteiger partial charge in [0.1, 0.15) is 0 Å². The molecule has 1 aromatic carbocycles. The molecule has 3 heteroatoms. The third-order valence-electron chi connectivity index (χ3n) is 4.68. The summed E-state index contributed by atoms with van der Waals surface area (Å²) in [5.41, 5.74) is 2.46. The van der Waals surface area contributed by atoms with Crippen molar-refractivity contribution in [3.8, 4) is 0 Å². The zero-order valence-electron chi connectivity index (χ0n) is 14.0. The largest absolute Gasteiger partial charge is 0.388 e. The van der Waals surface area contributed by atoms with E-state index in [1.54, 1.807) is 0 Å². The van der Waals surface area contributed by atoms with E-state index in [0.717, 1.165) is 11.6 Å². The van der Waals surface area contributed by atoms with Crippen molar-refractivity contribution in [1.29, 1.82) is 0 Å². The van der Waals surface area contributed by atoms with Gasteiger partial charge in [-0.2, -0.15) is 0 Å². The summed E-state index contributed by atoms with van der Waals surface area (Å²) in [5, 5.41) is 5.83. The maximum atomic E-state index is 4.73. The average Bonchev–Trinajstić information content (AvgIpc) is 2.54. The van der Waals surface area contributed by atoms with Crippen LogP contribution in [0, 0.1) is 5.92 Å². The van der Waals surface area contributed by atoms with Crippen LogP contribution in [0.15, 0.2) is 30.5 Å². The Kier molecular flexibility index (Phi) is 4.63. The minimum Gasteiger partial charge on any atom is -0.388 e. The molecule has 1 saturated heterocycles. The van der Waals surface area contributed by atoms with Crippen molar-refractivity contribution in [2.24, 2.45) is 5.92 Å². The molecule has 0 bridgehead atoms. The van der Waals surface area contributed by atoms with Gasteiger partial charge in [0.15, 0.2) is 0 Å². The van der Waals surface area contributed by atoms with E-state index in [4.69, 9.17) is 4.98 Å². The molecule has 1 aromatic heterocycles. The second-order valence-electron chi connectivity index (χ2n) is 6.85. The highest BCUT2D eigenvalue weighted by atomic mass is 15.1. The minimum absolute atomic E-state index is 0.604.